The van der Waals surface area contributed by atoms with Crippen molar-refractivity contribution in [2.24, 2.45) is 0 Å². The number of aromatic hydroxyl groups is 1. The van der Waals surface area contributed by atoms with Gasteiger partial charge in [-0.3, -0.25) is 0 Å². The molecule has 2 N–H and O–H groups in total. The average molecular weight is 254 g/mol. The van der Waals surface area contributed by atoms with Gasteiger partial charge in [-0.1, -0.05) is 13.3 Å². The smallest absolute Gasteiger partial charge is 0.336 e. The molecular formula is C13H18O5. The van der Waals surface area contributed by atoms with Crippen LogP contribution >= 0.6 is 0 Å². The summed E-state index contributed by atoms with van der Waals surface area (Å²) in [6.07, 6.45) is 2.29. The van der Waals surface area contributed by atoms with Crippen LogP contribution in [0.4, 0.5) is 0 Å². The van der Waals surface area contributed by atoms with Gasteiger partial charge in [0.05, 0.1) is 19.8 Å². The Labute approximate surface area is 106 Å². The first-order valence-electron chi connectivity index (χ1n) is 5.76. The van der Waals surface area contributed by atoms with Gasteiger partial charge in [-0.15, -0.1) is 0 Å². The van der Waals surface area contributed by atoms with Crippen LogP contribution in [0.2, 0.25) is 0 Å². The fourth-order valence-corrected chi connectivity index (χ4v) is 1.83. The second kappa shape index (κ2) is 6.14. The molecule has 0 spiro atoms. The highest BCUT2D eigenvalue weighted by molar-refractivity contribution is 5.92. The van der Waals surface area contributed by atoms with E-state index in [-0.39, 0.29) is 22.8 Å². The summed E-state index contributed by atoms with van der Waals surface area (Å²) in [5.41, 5.74) is 0.611. The van der Waals surface area contributed by atoms with E-state index in [9.17, 15) is 15.0 Å². The average Bonchev–Trinajstić information content (AvgIpc) is 2.35. The highest BCUT2D eigenvalue weighted by Crippen LogP contribution is 2.41. The van der Waals surface area contributed by atoms with Gasteiger partial charge in [-0.05, 0) is 18.9 Å². The molecule has 18 heavy (non-hydrogen) atoms. The molecule has 0 amide bonds. The van der Waals surface area contributed by atoms with E-state index >= 15 is 0 Å². The molecule has 1 rings (SSSR count). The number of carboxylic acids is 1. The molecule has 1 aromatic rings. The summed E-state index contributed by atoms with van der Waals surface area (Å²) in [7, 11) is 2.77. The molecule has 5 heteroatoms. The van der Waals surface area contributed by atoms with Crippen molar-refractivity contribution in [2.45, 2.75) is 26.2 Å². The van der Waals surface area contributed by atoms with E-state index in [1.807, 2.05) is 6.92 Å². The summed E-state index contributed by atoms with van der Waals surface area (Å²) in [4.78, 5) is 11.2. The highest BCUT2D eigenvalue weighted by Gasteiger charge is 2.22. The molecule has 0 aliphatic rings. The van der Waals surface area contributed by atoms with Crippen LogP contribution in [-0.2, 0) is 6.42 Å². The van der Waals surface area contributed by atoms with Crippen molar-refractivity contribution in [1.82, 2.24) is 0 Å². The lowest BCUT2D eigenvalue weighted by Gasteiger charge is -2.15. The van der Waals surface area contributed by atoms with Gasteiger partial charge in [0.2, 0.25) is 5.75 Å². The van der Waals surface area contributed by atoms with Gasteiger partial charge >= 0.3 is 5.97 Å². The fourth-order valence-electron chi connectivity index (χ4n) is 1.83. The van der Waals surface area contributed by atoms with Crippen LogP contribution in [0.15, 0.2) is 6.07 Å². The summed E-state index contributed by atoms with van der Waals surface area (Å²) in [5.74, 6) is -0.932. The molecule has 5 nitrogen and oxygen atoms in total. The van der Waals surface area contributed by atoms with Gasteiger partial charge in [-0.25, -0.2) is 4.79 Å². The van der Waals surface area contributed by atoms with Crippen molar-refractivity contribution in [3.05, 3.63) is 17.2 Å². The number of phenolic OH excluding ortho intramolecular Hbond substituents is 1. The van der Waals surface area contributed by atoms with E-state index in [1.54, 1.807) is 0 Å². The van der Waals surface area contributed by atoms with Crippen molar-refractivity contribution in [2.75, 3.05) is 14.2 Å². The monoisotopic (exact) mass is 254 g/mol. The molecule has 0 saturated heterocycles. The summed E-state index contributed by atoms with van der Waals surface area (Å²) in [6.45, 7) is 2.01. The minimum absolute atomic E-state index is 0.101. The fraction of sp³-hybridized carbons (Fsp3) is 0.462. The lowest BCUT2D eigenvalue weighted by Crippen LogP contribution is -2.06. The predicted molar refractivity (Wildman–Crippen MR) is 66.8 cm³/mol. The van der Waals surface area contributed by atoms with Crippen LogP contribution in [0.1, 0.15) is 35.7 Å². The number of carboxylic acid groups (broad SMARTS) is 1. The molecule has 0 fully saturated rings. The quantitative estimate of drug-likeness (QED) is 0.815. The molecule has 0 aliphatic heterocycles. The van der Waals surface area contributed by atoms with Crippen LogP contribution in [0.3, 0.4) is 0 Å². The van der Waals surface area contributed by atoms with Crippen LogP contribution in [0.5, 0.6) is 17.2 Å². The molecule has 0 bridgehead atoms. The van der Waals surface area contributed by atoms with Gasteiger partial charge in [0, 0.05) is 5.56 Å². The van der Waals surface area contributed by atoms with Crippen LogP contribution < -0.4 is 9.47 Å². The molecule has 0 radical (unpaired) electrons. The number of aromatic carboxylic acids is 1. The van der Waals surface area contributed by atoms with Gasteiger partial charge in [0.1, 0.15) is 0 Å². The third-order valence-electron chi connectivity index (χ3n) is 2.76. The number of rotatable bonds is 6. The van der Waals surface area contributed by atoms with E-state index in [1.165, 1.54) is 20.3 Å². The number of benzene rings is 1. The molecular weight excluding hydrogens is 236 g/mol. The Balaban J connectivity index is 3.42. The van der Waals surface area contributed by atoms with Gasteiger partial charge in [-0.2, -0.15) is 0 Å². The van der Waals surface area contributed by atoms with Crippen molar-refractivity contribution in [3.63, 3.8) is 0 Å². The Bertz CT molecular complexity index is 439. The number of hydrogen-bond donors (Lipinski definition) is 2. The van der Waals surface area contributed by atoms with Crippen molar-refractivity contribution in [3.8, 4) is 17.2 Å². The Hall–Kier alpha value is -1.91. The van der Waals surface area contributed by atoms with E-state index < -0.39 is 5.97 Å². The third kappa shape index (κ3) is 2.67. The standard InChI is InChI=1S/C13H18O5/c1-4-5-6-8-9(13(15)16)7-10(17-2)11(14)12(8)18-3/h7,14H,4-6H2,1-3H3,(H,15,16). The van der Waals surface area contributed by atoms with E-state index in [4.69, 9.17) is 9.47 Å². The number of ether oxygens (including phenoxy) is 2. The van der Waals surface area contributed by atoms with Crippen molar-refractivity contribution < 1.29 is 24.5 Å². The molecule has 100 valence electrons. The zero-order chi connectivity index (χ0) is 13.7. The molecule has 0 aliphatic carbocycles. The maximum atomic E-state index is 11.2. The minimum Gasteiger partial charge on any atom is -0.502 e. The minimum atomic E-state index is -1.06. The SMILES string of the molecule is CCCCc1c(C(=O)O)cc(OC)c(O)c1OC. The molecule has 0 heterocycles. The second-order valence-corrected chi connectivity index (χ2v) is 3.90. The zero-order valence-corrected chi connectivity index (χ0v) is 10.8. The lowest BCUT2D eigenvalue weighted by atomic mass is 9.99. The highest BCUT2D eigenvalue weighted by atomic mass is 16.5. The summed E-state index contributed by atoms with van der Waals surface area (Å²) >= 11 is 0. The van der Waals surface area contributed by atoms with E-state index in [0.29, 0.717) is 12.0 Å². The van der Waals surface area contributed by atoms with E-state index in [2.05, 4.69) is 0 Å². The molecule has 0 unspecified atom stereocenters. The maximum absolute atomic E-state index is 11.2. The Morgan fingerprint density at radius 3 is 2.44 bits per heavy atom. The second-order valence-electron chi connectivity index (χ2n) is 3.90. The lowest BCUT2D eigenvalue weighted by molar-refractivity contribution is 0.0694. The number of hydrogen-bond acceptors (Lipinski definition) is 4. The summed E-state index contributed by atoms with van der Waals surface area (Å²) in [5, 5.41) is 19.1. The Morgan fingerprint density at radius 1 is 1.33 bits per heavy atom. The first-order valence-corrected chi connectivity index (χ1v) is 5.76. The number of phenols is 1. The molecule has 1 aromatic carbocycles. The first kappa shape index (κ1) is 14.2. The molecule has 0 aromatic heterocycles. The summed E-state index contributed by atoms with van der Waals surface area (Å²) in [6, 6.07) is 1.32. The maximum Gasteiger partial charge on any atom is 0.336 e. The predicted octanol–water partition coefficient (Wildman–Crippen LogP) is 2.45. The molecule has 0 saturated carbocycles. The number of unbranched alkanes of at least 4 members (excludes halogenated alkanes) is 1. The van der Waals surface area contributed by atoms with Gasteiger partial charge < -0.3 is 19.7 Å². The third-order valence-corrected chi connectivity index (χ3v) is 2.76. The van der Waals surface area contributed by atoms with E-state index in [0.717, 1.165) is 12.8 Å². The Kier molecular flexibility index (Phi) is 4.83. The van der Waals surface area contributed by atoms with Crippen LogP contribution in [0, 0.1) is 0 Å². The molecule has 0 atom stereocenters. The topological polar surface area (TPSA) is 76.0 Å². The Morgan fingerprint density at radius 2 is 2.00 bits per heavy atom. The van der Waals surface area contributed by atoms with Crippen molar-refractivity contribution in [1.29, 1.82) is 0 Å². The van der Waals surface area contributed by atoms with Crippen LogP contribution in [-0.4, -0.2) is 30.4 Å². The van der Waals surface area contributed by atoms with Gasteiger partial charge in [0.25, 0.3) is 0 Å². The number of methoxy groups -OCH3 is 2. The van der Waals surface area contributed by atoms with Crippen molar-refractivity contribution >= 4 is 5.97 Å². The number of carbonyl (C=O) groups is 1. The largest absolute Gasteiger partial charge is 0.502 e. The normalized spacial score (nSPS) is 10.2. The first-order chi connectivity index (χ1) is 8.56. The van der Waals surface area contributed by atoms with Crippen LogP contribution in [0.25, 0.3) is 0 Å². The van der Waals surface area contributed by atoms with Gasteiger partial charge in [0.15, 0.2) is 11.5 Å². The summed E-state index contributed by atoms with van der Waals surface area (Å²) < 4.78 is 10.1. The zero-order valence-electron chi connectivity index (χ0n) is 10.8.